The molecule has 0 aromatic carbocycles. The largest absolute Gasteiger partial charge is 0.462 e. The molecule has 0 aliphatic heterocycles. The van der Waals surface area contributed by atoms with E-state index in [0.29, 0.717) is 19.3 Å². The first kappa shape index (κ1) is 68.3. The van der Waals surface area contributed by atoms with E-state index >= 15 is 0 Å². The highest BCUT2D eigenvalue weighted by atomic mass is 16.6. The minimum absolute atomic E-state index is 0.0907. The van der Waals surface area contributed by atoms with Crippen molar-refractivity contribution in [3.05, 3.63) is 97.2 Å². The van der Waals surface area contributed by atoms with Gasteiger partial charge < -0.3 is 14.2 Å². The molecular weight excluding hydrogens is 889 g/mol. The Labute approximate surface area is 445 Å². The average Bonchev–Trinajstić information content (AvgIpc) is 3.38. The summed E-state index contributed by atoms with van der Waals surface area (Å²) in [6.45, 7) is 6.40. The van der Waals surface area contributed by atoms with E-state index in [1.165, 1.54) is 135 Å². The summed E-state index contributed by atoms with van der Waals surface area (Å²) in [4.78, 5) is 38.2. The first-order valence-corrected chi connectivity index (χ1v) is 30.2. The molecule has 72 heavy (non-hydrogen) atoms. The Bertz CT molecular complexity index is 1430. The van der Waals surface area contributed by atoms with Crippen LogP contribution in [-0.2, 0) is 28.6 Å². The monoisotopic (exact) mass is 1000 g/mol. The van der Waals surface area contributed by atoms with Crippen LogP contribution < -0.4 is 0 Å². The van der Waals surface area contributed by atoms with Gasteiger partial charge >= 0.3 is 17.9 Å². The van der Waals surface area contributed by atoms with Gasteiger partial charge in [0.15, 0.2) is 6.10 Å². The standard InChI is InChI=1S/C66H112O6/c1-4-7-10-13-16-19-22-25-27-29-31-32-33-34-35-37-38-41-44-47-50-53-56-59-65(68)71-62-63(61-70-64(67)58-55-52-49-46-43-40-24-21-18-15-12-9-6-3)72-66(69)60-57-54-51-48-45-42-39-36-30-28-26-23-20-17-14-11-8-5-2/h7,9-10,12,16,18-19,21,25,27-28,30-32,40,43,63H,4-6,8,11,13-15,17,20,22-24,26,29,33-39,41-42,44-62H2,1-3H3/b10-7-,12-9-,19-16-,21-18-,27-25-,30-28-,32-31-,43-40-. The van der Waals surface area contributed by atoms with E-state index in [-0.39, 0.29) is 31.1 Å². The van der Waals surface area contributed by atoms with Gasteiger partial charge in [-0.3, -0.25) is 14.4 Å². The van der Waals surface area contributed by atoms with Crippen molar-refractivity contribution < 1.29 is 28.6 Å². The van der Waals surface area contributed by atoms with E-state index < -0.39 is 6.10 Å². The van der Waals surface area contributed by atoms with Crippen LogP contribution in [0.1, 0.15) is 284 Å². The third kappa shape index (κ3) is 57.2. The maximum Gasteiger partial charge on any atom is 0.306 e. The molecule has 0 aromatic heterocycles. The molecule has 0 aromatic rings. The van der Waals surface area contributed by atoms with Gasteiger partial charge in [-0.15, -0.1) is 0 Å². The number of hydrogen-bond acceptors (Lipinski definition) is 6. The molecule has 6 heteroatoms. The number of ether oxygens (including phenoxy) is 3. The number of rotatable bonds is 54. The van der Waals surface area contributed by atoms with Crippen LogP contribution in [0.3, 0.4) is 0 Å². The van der Waals surface area contributed by atoms with Gasteiger partial charge in [0, 0.05) is 19.3 Å². The molecule has 0 aliphatic carbocycles. The van der Waals surface area contributed by atoms with Crippen LogP contribution in [0.25, 0.3) is 0 Å². The zero-order valence-electron chi connectivity index (χ0n) is 47.2. The summed E-state index contributed by atoms with van der Waals surface area (Å²) in [7, 11) is 0. The topological polar surface area (TPSA) is 78.9 Å². The average molecular weight is 1000 g/mol. The molecule has 412 valence electrons. The highest BCUT2D eigenvalue weighted by Gasteiger charge is 2.19. The number of carbonyl (C=O) groups excluding carboxylic acids is 3. The first-order valence-electron chi connectivity index (χ1n) is 30.2. The second kappa shape index (κ2) is 59.9. The summed E-state index contributed by atoms with van der Waals surface area (Å²) < 4.78 is 16.9. The number of unbranched alkanes of at least 4 members (excludes halogenated alkanes) is 27. The van der Waals surface area contributed by atoms with Gasteiger partial charge in [-0.05, 0) is 116 Å². The second-order valence-electron chi connectivity index (χ2n) is 19.8. The van der Waals surface area contributed by atoms with Crippen LogP contribution in [0.15, 0.2) is 97.2 Å². The number of carbonyl (C=O) groups is 3. The molecule has 0 fully saturated rings. The molecule has 0 heterocycles. The lowest BCUT2D eigenvalue weighted by Crippen LogP contribution is -2.30. The van der Waals surface area contributed by atoms with Gasteiger partial charge in [0.1, 0.15) is 13.2 Å². The van der Waals surface area contributed by atoms with E-state index in [0.717, 1.165) is 109 Å². The normalized spacial score (nSPS) is 12.8. The van der Waals surface area contributed by atoms with Crippen molar-refractivity contribution in [1.82, 2.24) is 0 Å². The molecule has 0 saturated heterocycles. The predicted octanol–water partition coefficient (Wildman–Crippen LogP) is 20.5. The molecule has 0 rings (SSSR count). The second-order valence-corrected chi connectivity index (χ2v) is 19.8. The molecule has 0 bridgehead atoms. The van der Waals surface area contributed by atoms with Crippen molar-refractivity contribution in [3.63, 3.8) is 0 Å². The molecule has 1 atom stereocenters. The molecule has 6 nitrogen and oxygen atoms in total. The minimum atomic E-state index is -0.795. The van der Waals surface area contributed by atoms with Crippen LogP contribution in [0.2, 0.25) is 0 Å². The number of hydrogen-bond donors (Lipinski definition) is 0. The Morgan fingerprint density at radius 1 is 0.292 bits per heavy atom. The molecular formula is C66H112O6. The zero-order valence-corrected chi connectivity index (χ0v) is 47.2. The summed E-state index contributed by atoms with van der Waals surface area (Å²) >= 11 is 0. The van der Waals surface area contributed by atoms with Gasteiger partial charge in [-0.25, -0.2) is 0 Å². The lowest BCUT2D eigenvalue weighted by Gasteiger charge is -2.18. The van der Waals surface area contributed by atoms with Crippen molar-refractivity contribution >= 4 is 17.9 Å². The molecule has 0 saturated carbocycles. The lowest BCUT2D eigenvalue weighted by molar-refractivity contribution is -0.167. The highest BCUT2D eigenvalue weighted by Crippen LogP contribution is 2.15. The van der Waals surface area contributed by atoms with E-state index in [4.69, 9.17) is 14.2 Å². The maximum absolute atomic E-state index is 12.9. The van der Waals surface area contributed by atoms with Crippen LogP contribution in [0.4, 0.5) is 0 Å². The van der Waals surface area contributed by atoms with Crippen molar-refractivity contribution in [2.75, 3.05) is 13.2 Å². The van der Waals surface area contributed by atoms with E-state index in [1.807, 2.05) is 0 Å². The van der Waals surface area contributed by atoms with Crippen molar-refractivity contribution in [2.24, 2.45) is 0 Å². The summed E-state index contributed by atoms with van der Waals surface area (Å²) in [5.74, 6) is -0.923. The minimum Gasteiger partial charge on any atom is -0.462 e. The van der Waals surface area contributed by atoms with Gasteiger partial charge in [0.2, 0.25) is 0 Å². The third-order valence-corrected chi connectivity index (χ3v) is 12.8. The Morgan fingerprint density at radius 3 is 0.875 bits per heavy atom. The molecule has 0 spiro atoms. The maximum atomic E-state index is 12.9. The summed E-state index contributed by atoms with van der Waals surface area (Å²) in [6.07, 6.45) is 79.8. The van der Waals surface area contributed by atoms with Crippen molar-refractivity contribution in [3.8, 4) is 0 Å². The van der Waals surface area contributed by atoms with Crippen molar-refractivity contribution in [2.45, 2.75) is 290 Å². The van der Waals surface area contributed by atoms with Crippen molar-refractivity contribution in [1.29, 1.82) is 0 Å². The summed E-state index contributed by atoms with van der Waals surface area (Å²) in [6, 6.07) is 0. The quantitative estimate of drug-likeness (QED) is 0.0261. The van der Waals surface area contributed by atoms with E-state index in [9.17, 15) is 14.4 Å². The van der Waals surface area contributed by atoms with Crippen LogP contribution >= 0.6 is 0 Å². The van der Waals surface area contributed by atoms with Gasteiger partial charge in [-0.1, -0.05) is 246 Å². The lowest BCUT2D eigenvalue weighted by atomic mass is 10.1. The van der Waals surface area contributed by atoms with Gasteiger partial charge in [0.25, 0.3) is 0 Å². The third-order valence-electron chi connectivity index (χ3n) is 12.8. The molecule has 0 radical (unpaired) electrons. The SMILES string of the molecule is CC/C=C\C/C=C\C/C=C\C/C=C\CCCCCCCCCCCCC(=O)OCC(COC(=O)CCCCC/C=C\C/C=C\C/C=C\CC)OC(=O)CCCCCCCCC/C=C\CCCCCCCCC. The molecule has 0 aliphatic rings. The first-order chi connectivity index (χ1) is 35.5. The fourth-order valence-electron chi connectivity index (χ4n) is 8.33. The molecule has 0 N–H and O–H groups in total. The van der Waals surface area contributed by atoms with Crippen LogP contribution in [0.5, 0.6) is 0 Å². The van der Waals surface area contributed by atoms with E-state index in [1.54, 1.807) is 0 Å². The van der Waals surface area contributed by atoms with Gasteiger partial charge in [-0.2, -0.15) is 0 Å². The fraction of sp³-hybridized carbons (Fsp3) is 0.712. The van der Waals surface area contributed by atoms with Crippen LogP contribution in [-0.4, -0.2) is 37.2 Å². The zero-order chi connectivity index (χ0) is 52.2. The Hall–Kier alpha value is -3.67. The molecule has 1 unspecified atom stereocenters. The molecule has 0 amide bonds. The van der Waals surface area contributed by atoms with Crippen LogP contribution in [0, 0.1) is 0 Å². The summed E-state index contributed by atoms with van der Waals surface area (Å²) in [5, 5.41) is 0. The fourth-order valence-corrected chi connectivity index (χ4v) is 8.33. The Morgan fingerprint density at radius 2 is 0.542 bits per heavy atom. The summed E-state index contributed by atoms with van der Waals surface area (Å²) in [5.41, 5.74) is 0. The predicted molar refractivity (Wildman–Crippen MR) is 311 cm³/mol. The smallest absolute Gasteiger partial charge is 0.306 e. The van der Waals surface area contributed by atoms with E-state index in [2.05, 4.69) is 118 Å². The van der Waals surface area contributed by atoms with Gasteiger partial charge in [0.05, 0.1) is 0 Å². The number of esters is 3. The Balaban J connectivity index is 4.36. The Kier molecular flexibility index (Phi) is 56.8. The number of allylic oxidation sites excluding steroid dienone is 16. The highest BCUT2D eigenvalue weighted by molar-refractivity contribution is 5.71.